The number of aromatic nitrogens is 3. The Bertz CT molecular complexity index is 564. The van der Waals surface area contributed by atoms with Gasteiger partial charge in [-0.05, 0) is 20.8 Å². The minimum atomic E-state index is -0.700. The van der Waals surface area contributed by atoms with Crippen molar-refractivity contribution in [1.82, 2.24) is 15.0 Å². The van der Waals surface area contributed by atoms with Crippen molar-refractivity contribution in [2.45, 2.75) is 51.1 Å². The van der Waals surface area contributed by atoms with Gasteiger partial charge in [0, 0.05) is 4.43 Å². The Balaban J connectivity index is 1.84. The van der Waals surface area contributed by atoms with Gasteiger partial charge in [0.25, 0.3) is 0 Å². The van der Waals surface area contributed by atoms with Gasteiger partial charge in [0.05, 0.1) is 18.9 Å². The second-order valence-corrected chi connectivity index (χ2v) is 6.47. The molecule has 1 aromatic rings. The summed E-state index contributed by atoms with van der Waals surface area (Å²) < 4.78 is 24.9. The van der Waals surface area contributed by atoms with Crippen LogP contribution in [0.1, 0.15) is 37.3 Å². The van der Waals surface area contributed by atoms with Gasteiger partial charge in [-0.3, -0.25) is 0 Å². The van der Waals surface area contributed by atoms with Gasteiger partial charge < -0.3 is 18.9 Å². The highest BCUT2D eigenvalue weighted by atomic mass is 127. The Kier molecular flexibility index (Phi) is 4.40. The number of hydrogen-bond donors (Lipinski definition) is 0. The summed E-state index contributed by atoms with van der Waals surface area (Å²) in [5.41, 5.74) is 0.177. The zero-order valence-corrected chi connectivity index (χ0v) is 14.7. The molecule has 2 fully saturated rings. The molecule has 0 spiro atoms. The third-order valence-corrected chi connectivity index (χ3v) is 4.44. The second kappa shape index (κ2) is 6.02. The number of rotatable bonds is 4. The molecule has 0 aliphatic carbocycles. The summed E-state index contributed by atoms with van der Waals surface area (Å²) in [5.74, 6) is -1.19. The van der Waals surface area contributed by atoms with Crippen LogP contribution in [0.15, 0.2) is 6.20 Å². The second-order valence-electron chi connectivity index (χ2n) is 5.59. The minimum Gasteiger partial charge on any atom is -0.461 e. The molecule has 4 atom stereocenters. The van der Waals surface area contributed by atoms with Crippen molar-refractivity contribution in [3.8, 4) is 0 Å². The SMILES string of the molecule is CCOC(=O)c1cn([C@@H]2[C@H]3OC(C)(C)O[C@H]3O[C@@H]2CI)nn1. The number of halogens is 1. The van der Waals surface area contributed by atoms with E-state index in [0.29, 0.717) is 6.61 Å². The van der Waals surface area contributed by atoms with E-state index in [0.717, 1.165) is 4.43 Å². The van der Waals surface area contributed by atoms with Crippen LogP contribution in [0.3, 0.4) is 0 Å². The van der Waals surface area contributed by atoms with Crippen molar-refractivity contribution < 1.29 is 23.7 Å². The third-order valence-electron chi connectivity index (χ3n) is 3.57. The Morgan fingerprint density at radius 3 is 2.95 bits per heavy atom. The van der Waals surface area contributed by atoms with Crippen molar-refractivity contribution in [2.24, 2.45) is 0 Å². The summed E-state index contributed by atoms with van der Waals surface area (Å²) in [6.07, 6.45) is 0.729. The first-order valence-electron chi connectivity index (χ1n) is 7.11. The topological polar surface area (TPSA) is 84.7 Å². The lowest BCUT2D eigenvalue weighted by atomic mass is 10.1. The molecule has 2 aliphatic rings. The molecule has 0 unspecified atom stereocenters. The summed E-state index contributed by atoms with van der Waals surface area (Å²) in [6.45, 7) is 5.73. The van der Waals surface area contributed by atoms with Crippen LogP contribution in [0.4, 0.5) is 0 Å². The summed E-state index contributed by atoms with van der Waals surface area (Å²) in [5, 5.41) is 7.94. The number of ether oxygens (including phenoxy) is 4. The zero-order chi connectivity index (χ0) is 15.9. The van der Waals surface area contributed by atoms with Crippen LogP contribution in [0, 0.1) is 0 Å². The number of carbonyl (C=O) groups is 1. The van der Waals surface area contributed by atoms with Crippen molar-refractivity contribution in [3.63, 3.8) is 0 Å². The van der Waals surface area contributed by atoms with Crippen LogP contribution in [0.5, 0.6) is 0 Å². The van der Waals surface area contributed by atoms with Crippen molar-refractivity contribution >= 4 is 28.6 Å². The molecule has 0 aromatic carbocycles. The first kappa shape index (κ1) is 16.1. The van der Waals surface area contributed by atoms with Gasteiger partial charge in [0.2, 0.25) is 0 Å². The lowest BCUT2D eigenvalue weighted by molar-refractivity contribution is -0.206. The molecule has 122 valence electrons. The van der Waals surface area contributed by atoms with E-state index in [1.165, 1.54) is 0 Å². The molecule has 0 N–H and O–H groups in total. The molecular formula is C13H18IN3O5. The van der Waals surface area contributed by atoms with Gasteiger partial charge in [-0.1, -0.05) is 27.8 Å². The largest absolute Gasteiger partial charge is 0.461 e. The van der Waals surface area contributed by atoms with Crippen molar-refractivity contribution in [1.29, 1.82) is 0 Å². The number of alkyl halides is 1. The molecule has 3 heterocycles. The van der Waals surface area contributed by atoms with Crippen LogP contribution >= 0.6 is 22.6 Å². The predicted molar refractivity (Wildman–Crippen MR) is 82.6 cm³/mol. The predicted octanol–water partition coefficient (Wildman–Crippen LogP) is 1.31. The van der Waals surface area contributed by atoms with Gasteiger partial charge in [-0.2, -0.15) is 0 Å². The van der Waals surface area contributed by atoms with Crippen LogP contribution in [-0.2, 0) is 18.9 Å². The highest BCUT2D eigenvalue weighted by molar-refractivity contribution is 14.1. The maximum absolute atomic E-state index is 11.7. The van der Waals surface area contributed by atoms with Crippen LogP contribution in [0.2, 0.25) is 0 Å². The monoisotopic (exact) mass is 423 g/mol. The Morgan fingerprint density at radius 2 is 2.27 bits per heavy atom. The molecule has 0 radical (unpaired) electrons. The Hall–Kier alpha value is -0.780. The molecule has 22 heavy (non-hydrogen) atoms. The van der Waals surface area contributed by atoms with Gasteiger partial charge in [-0.25, -0.2) is 9.48 Å². The lowest BCUT2D eigenvalue weighted by Gasteiger charge is -2.24. The summed E-state index contributed by atoms with van der Waals surface area (Å²) >= 11 is 2.25. The molecular weight excluding hydrogens is 405 g/mol. The lowest BCUT2D eigenvalue weighted by Crippen LogP contribution is -2.33. The van der Waals surface area contributed by atoms with Crippen molar-refractivity contribution in [3.05, 3.63) is 11.9 Å². The fourth-order valence-corrected chi connectivity index (χ4v) is 3.46. The summed E-state index contributed by atoms with van der Waals surface area (Å²) in [7, 11) is 0. The minimum absolute atomic E-state index is 0.122. The number of esters is 1. The molecule has 1 aromatic heterocycles. The maximum atomic E-state index is 11.7. The van der Waals surface area contributed by atoms with E-state index in [1.807, 2.05) is 13.8 Å². The van der Waals surface area contributed by atoms with Gasteiger partial charge >= 0.3 is 5.97 Å². The number of carbonyl (C=O) groups excluding carboxylic acids is 1. The smallest absolute Gasteiger partial charge is 0.360 e. The van der Waals surface area contributed by atoms with Gasteiger partial charge in [0.1, 0.15) is 12.1 Å². The highest BCUT2D eigenvalue weighted by Gasteiger charge is 2.55. The van der Waals surface area contributed by atoms with E-state index in [-0.39, 0.29) is 23.9 Å². The fourth-order valence-electron chi connectivity index (χ4n) is 2.73. The highest BCUT2D eigenvalue weighted by Crippen LogP contribution is 2.43. The van der Waals surface area contributed by atoms with E-state index < -0.39 is 18.0 Å². The maximum Gasteiger partial charge on any atom is 0.360 e. The van der Waals surface area contributed by atoms with E-state index in [9.17, 15) is 4.79 Å². The Labute approximate surface area is 141 Å². The molecule has 9 heteroatoms. The normalized spacial score (nSPS) is 32.9. The first-order chi connectivity index (χ1) is 10.4. The quantitative estimate of drug-likeness (QED) is 0.410. The van der Waals surface area contributed by atoms with Crippen LogP contribution in [-0.4, -0.2) is 56.3 Å². The molecule has 0 amide bonds. The summed E-state index contributed by atoms with van der Waals surface area (Å²) in [6, 6.07) is -0.195. The molecule has 8 nitrogen and oxygen atoms in total. The van der Waals surface area contributed by atoms with E-state index in [1.54, 1.807) is 17.8 Å². The van der Waals surface area contributed by atoms with Crippen LogP contribution < -0.4 is 0 Å². The summed E-state index contributed by atoms with van der Waals surface area (Å²) in [4.78, 5) is 11.7. The Morgan fingerprint density at radius 1 is 1.50 bits per heavy atom. The van der Waals surface area contributed by atoms with Gasteiger partial charge in [0.15, 0.2) is 17.8 Å². The molecule has 3 rings (SSSR count). The van der Waals surface area contributed by atoms with Crippen LogP contribution in [0.25, 0.3) is 0 Å². The first-order valence-corrected chi connectivity index (χ1v) is 8.63. The van der Waals surface area contributed by atoms with Gasteiger partial charge in [-0.15, -0.1) is 5.10 Å². The average molecular weight is 423 g/mol. The standard InChI is InChI=1S/C13H18IN3O5/c1-4-19-11(18)7-6-17(16-15-7)9-8(5-14)20-12-10(9)21-13(2,3)22-12/h6,8-10,12H,4-5H2,1-3H3/t8-,9+,10-,12-/m1/s1. The zero-order valence-electron chi connectivity index (χ0n) is 12.6. The average Bonchev–Trinajstić information content (AvgIpc) is 3.10. The number of fused-ring (bicyclic) bond motifs is 1. The third kappa shape index (κ3) is 2.86. The van der Waals surface area contributed by atoms with E-state index >= 15 is 0 Å². The fraction of sp³-hybridized carbons (Fsp3) is 0.769. The van der Waals surface area contributed by atoms with Crippen molar-refractivity contribution in [2.75, 3.05) is 11.0 Å². The molecule has 2 saturated heterocycles. The number of hydrogen-bond acceptors (Lipinski definition) is 7. The molecule has 2 aliphatic heterocycles. The van der Waals surface area contributed by atoms with E-state index in [2.05, 4.69) is 32.9 Å². The molecule has 0 bridgehead atoms. The molecule has 0 saturated carbocycles. The number of nitrogens with zero attached hydrogens (tertiary/aromatic N) is 3. The van der Waals surface area contributed by atoms with E-state index in [4.69, 9.17) is 18.9 Å².